The molecule has 0 aliphatic rings. The fourth-order valence-corrected chi connectivity index (χ4v) is 4.57. The number of rotatable bonds is 4. The van der Waals surface area contributed by atoms with Crippen molar-refractivity contribution in [1.29, 1.82) is 0 Å². The van der Waals surface area contributed by atoms with Gasteiger partial charge in [0.1, 0.15) is 5.65 Å². The van der Waals surface area contributed by atoms with Crippen LogP contribution < -0.4 is 0 Å². The zero-order valence-electron chi connectivity index (χ0n) is 17.0. The normalized spacial score (nSPS) is 14.3. The topological polar surface area (TPSA) is 17.3 Å². The lowest BCUT2D eigenvalue weighted by Crippen LogP contribution is -2.27. The summed E-state index contributed by atoms with van der Waals surface area (Å²) in [6, 6.07) is 15.2. The average molecular weight is 357 g/mol. The standard InChI is InChI=1S/C25H28N2/c1-16(2)14-25(6,17(3)4)22-15-26-24-20-12-8-7-11-19(20)23-18(5)10-9-13-21(23)27(22)24/h7-13,15-16H,3,14H2,1-2,4-6H3. The van der Waals surface area contributed by atoms with Gasteiger partial charge in [-0.25, -0.2) is 4.98 Å². The molecule has 2 aromatic carbocycles. The van der Waals surface area contributed by atoms with Crippen molar-refractivity contribution in [3.63, 3.8) is 0 Å². The molecule has 0 saturated heterocycles. The molecule has 2 nitrogen and oxygen atoms in total. The lowest BCUT2D eigenvalue weighted by molar-refractivity contribution is 0.411. The number of aromatic nitrogens is 2. The molecule has 4 rings (SSSR count). The number of benzene rings is 2. The van der Waals surface area contributed by atoms with Gasteiger partial charge in [0.25, 0.3) is 0 Å². The van der Waals surface area contributed by atoms with E-state index in [0.29, 0.717) is 5.92 Å². The minimum Gasteiger partial charge on any atom is -0.295 e. The fraction of sp³-hybridized carbons (Fsp3) is 0.320. The van der Waals surface area contributed by atoms with Crippen molar-refractivity contribution in [2.24, 2.45) is 5.92 Å². The van der Waals surface area contributed by atoms with Crippen LogP contribution in [0.4, 0.5) is 0 Å². The van der Waals surface area contributed by atoms with Gasteiger partial charge in [-0.1, -0.05) is 69.3 Å². The number of hydrogen-bond acceptors (Lipinski definition) is 1. The highest BCUT2D eigenvalue weighted by Gasteiger charge is 2.32. The smallest absolute Gasteiger partial charge is 0.145 e. The highest BCUT2D eigenvalue weighted by atomic mass is 15.0. The average Bonchev–Trinajstić information content (AvgIpc) is 3.07. The lowest BCUT2D eigenvalue weighted by Gasteiger charge is -2.32. The number of allylic oxidation sites excluding steroid dienone is 1. The molecule has 0 N–H and O–H groups in total. The Morgan fingerprint density at radius 2 is 1.81 bits per heavy atom. The molecular formula is C25H28N2. The SMILES string of the molecule is C=C(C)C(C)(CC(C)C)c1cnc2c3ccccc3c3c(C)cccc3n12. The summed E-state index contributed by atoms with van der Waals surface area (Å²) in [7, 11) is 0. The van der Waals surface area contributed by atoms with Crippen LogP contribution in [0.3, 0.4) is 0 Å². The summed E-state index contributed by atoms with van der Waals surface area (Å²) in [5.74, 6) is 0.575. The van der Waals surface area contributed by atoms with E-state index >= 15 is 0 Å². The zero-order chi connectivity index (χ0) is 19.3. The van der Waals surface area contributed by atoms with E-state index in [4.69, 9.17) is 4.98 Å². The van der Waals surface area contributed by atoms with E-state index in [0.717, 1.165) is 12.1 Å². The van der Waals surface area contributed by atoms with Gasteiger partial charge in [0.05, 0.1) is 17.4 Å². The second-order valence-corrected chi connectivity index (χ2v) is 8.53. The van der Waals surface area contributed by atoms with Gasteiger partial charge >= 0.3 is 0 Å². The van der Waals surface area contributed by atoms with E-state index in [9.17, 15) is 0 Å². The van der Waals surface area contributed by atoms with Crippen LogP contribution in [-0.4, -0.2) is 9.38 Å². The second kappa shape index (κ2) is 6.23. The van der Waals surface area contributed by atoms with Crippen LogP contribution in [0.2, 0.25) is 0 Å². The van der Waals surface area contributed by atoms with Crippen LogP contribution in [0, 0.1) is 12.8 Å². The van der Waals surface area contributed by atoms with Crippen LogP contribution >= 0.6 is 0 Å². The highest BCUT2D eigenvalue weighted by Crippen LogP contribution is 2.40. The molecule has 0 aliphatic carbocycles. The van der Waals surface area contributed by atoms with E-state index in [1.807, 2.05) is 0 Å². The molecule has 0 amide bonds. The molecule has 4 aromatic rings. The highest BCUT2D eigenvalue weighted by molar-refractivity contribution is 6.13. The van der Waals surface area contributed by atoms with E-state index < -0.39 is 0 Å². The summed E-state index contributed by atoms with van der Waals surface area (Å²) in [6.45, 7) is 15.6. The molecule has 0 bridgehead atoms. The molecule has 138 valence electrons. The third-order valence-corrected chi connectivity index (χ3v) is 6.01. The predicted octanol–water partition coefficient (Wildman–Crippen LogP) is 6.83. The second-order valence-electron chi connectivity index (χ2n) is 8.53. The van der Waals surface area contributed by atoms with Crippen molar-refractivity contribution in [3.8, 4) is 0 Å². The van der Waals surface area contributed by atoms with E-state index in [1.165, 1.54) is 38.5 Å². The summed E-state index contributed by atoms with van der Waals surface area (Å²) < 4.78 is 2.38. The first-order valence-corrected chi connectivity index (χ1v) is 9.78. The van der Waals surface area contributed by atoms with Crippen molar-refractivity contribution < 1.29 is 0 Å². The van der Waals surface area contributed by atoms with Gasteiger partial charge in [-0.2, -0.15) is 0 Å². The largest absolute Gasteiger partial charge is 0.295 e. The predicted molar refractivity (Wildman–Crippen MR) is 117 cm³/mol. The molecule has 0 saturated carbocycles. The zero-order valence-corrected chi connectivity index (χ0v) is 17.0. The number of imidazole rings is 1. The summed E-state index contributed by atoms with van der Waals surface area (Å²) in [5, 5.41) is 3.80. The van der Waals surface area contributed by atoms with Crippen molar-refractivity contribution in [1.82, 2.24) is 9.38 Å². The first-order valence-electron chi connectivity index (χ1n) is 9.78. The number of hydrogen-bond donors (Lipinski definition) is 0. The summed E-state index contributed by atoms with van der Waals surface area (Å²) in [5.41, 5.74) is 5.87. The Morgan fingerprint density at radius 1 is 1.11 bits per heavy atom. The van der Waals surface area contributed by atoms with Crippen LogP contribution in [-0.2, 0) is 5.41 Å². The number of aryl methyl sites for hydroxylation is 1. The molecule has 0 spiro atoms. The lowest BCUT2D eigenvalue weighted by atomic mass is 9.74. The maximum Gasteiger partial charge on any atom is 0.145 e. The van der Waals surface area contributed by atoms with E-state index in [2.05, 4.69) is 94.3 Å². The Hall–Kier alpha value is -2.61. The molecule has 1 unspecified atom stereocenters. The van der Waals surface area contributed by atoms with Gasteiger partial charge in [-0.3, -0.25) is 4.40 Å². The van der Waals surface area contributed by atoms with Gasteiger partial charge in [0, 0.05) is 16.2 Å². The third kappa shape index (κ3) is 2.58. The minimum absolute atomic E-state index is 0.118. The molecule has 2 aromatic heterocycles. The molecule has 27 heavy (non-hydrogen) atoms. The van der Waals surface area contributed by atoms with Crippen molar-refractivity contribution in [2.45, 2.75) is 46.5 Å². The molecule has 0 fully saturated rings. The third-order valence-electron chi connectivity index (χ3n) is 6.01. The van der Waals surface area contributed by atoms with Crippen LogP contribution in [0.5, 0.6) is 0 Å². The number of pyridine rings is 1. The fourth-order valence-electron chi connectivity index (χ4n) is 4.57. The molecule has 2 heterocycles. The Kier molecular flexibility index (Phi) is 4.10. The Labute approximate surface area is 161 Å². The summed E-state index contributed by atoms with van der Waals surface area (Å²) >= 11 is 0. The van der Waals surface area contributed by atoms with Gasteiger partial charge in [0.15, 0.2) is 0 Å². The maximum atomic E-state index is 4.90. The van der Waals surface area contributed by atoms with Gasteiger partial charge in [-0.15, -0.1) is 0 Å². The number of fused-ring (bicyclic) bond motifs is 6. The van der Waals surface area contributed by atoms with Gasteiger partial charge < -0.3 is 0 Å². The summed E-state index contributed by atoms with van der Waals surface area (Å²) in [6.07, 6.45) is 3.12. The van der Waals surface area contributed by atoms with Crippen LogP contribution in [0.15, 0.2) is 60.8 Å². The van der Waals surface area contributed by atoms with Gasteiger partial charge in [0.2, 0.25) is 0 Å². The molecule has 0 aliphatic heterocycles. The van der Waals surface area contributed by atoms with Crippen molar-refractivity contribution in [3.05, 3.63) is 72.1 Å². The van der Waals surface area contributed by atoms with E-state index in [1.54, 1.807) is 0 Å². The number of nitrogens with zero attached hydrogens (tertiary/aromatic N) is 2. The molecular weight excluding hydrogens is 328 g/mol. The van der Waals surface area contributed by atoms with Crippen LogP contribution in [0.25, 0.3) is 27.3 Å². The monoisotopic (exact) mass is 356 g/mol. The maximum absolute atomic E-state index is 4.90. The first-order chi connectivity index (χ1) is 12.8. The Bertz CT molecular complexity index is 1180. The first kappa shape index (κ1) is 17.8. The van der Waals surface area contributed by atoms with Crippen LogP contribution in [0.1, 0.15) is 45.4 Å². The quantitative estimate of drug-likeness (QED) is 0.289. The van der Waals surface area contributed by atoms with E-state index in [-0.39, 0.29) is 5.41 Å². The van der Waals surface area contributed by atoms with Crippen molar-refractivity contribution in [2.75, 3.05) is 0 Å². The molecule has 0 radical (unpaired) electrons. The summed E-state index contributed by atoms with van der Waals surface area (Å²) in [4.78, 5) is 4.90. The molecule has 1 atom stereocenters. The minimum atomic E-state index is -0.118. The Balaban J connectivity index is 2.22. The Morgan fingerprint density at radius 3 is 2.48 bits per heavy atom. The molecule has 2 heteroatoms. The van der Waals surface area contributed by atoms with Crippen molar-refractivity contribution >= 4 is 27.3 Å². The van der Waals surface area contributed by atoms with Gasteiger partial charge in [-0.05, 0) is 43.2 Å².